The Labute approximate surface area is 146 Å². The Morgan fingerprint density at radius 1 is 1.00 bits per heavy atom. The highest BCUT2D eigenvalue weighted by Gasteiger charge is 2.36. The predicted octanol–water partition coefficient (Wildman–Crippen LogP) is 4.08. The molecule has 1 N–H and O–H groups in total. The molecule has 4 heteroatoms. The zero-order chi connectivity index (χ0) is 18.8. The maximum atomic E-state index is 9.20. The number of rotatable bonds is 11. The Morgan fingerprint density at radius 2 is 1.62 bits per heavy atom. The normalized spacial score (nSPS) is 15.1. The van der Waals surface area contributed by atoms with Gasteiger partial charge in [-0.25, -0.2) is 0 Å². The lowest BCUT2D eigenvalue weighted by atomic mass is 9.81. The molecule has 0 amide bonds. The molecular formula is C20H30O4. The summed E-state index contributed by atoms with van der Waals surface area (Å²) in [5.41, 5.74) is 1.36. The molecule has 134 valence electrons. The molecule has 1 atom stereocenters. The lowest BCUT2D eigenvalue weighted by molar-refractivity contribution is 0.0171. The summed E-state index contributed by atoms with van der Waals surface area (Å²) in [5, 5.41) is 9.20. The Bertz CT molecular complexity index is 552. The van der Waals surface area contributed by atoms with Gasteiger partial charge in [-0.15, -0.1) is 0 Å². The minimum atomic E-state index is -0.933. The van der Waals surface area contributed by atoms with Crippen molar-refractivity contribution < 1.29 is 19.3 Å². The van der Waals surface area contributed by atoms with Crippen molar-refractivity contribution in [2.24, 2.45) is 0 Å². The minimum absolute atomic E-state index is 0.100. The first-order chi connectivity index (χ1) is 11.3. The van der Waals surface area contributed by atoms with Crippen molar-refractivity contribution in [3.05, 3.63) is 72.3 Å². The van der Waals surface area contributed by atoms with E-state index in [1.807, 2.05) is 32.9 Å². The van der Waals surface area contributed by atoms with Crippen LogP contribution in [0.15, 0.2) is 72.3 Å². The zero-order valence-corrected chi connectivity index (χ0v) is 15.5. The molecule has 1 unspecified atom stereocenters. The van der Waals surface area contributed by atoms with E-state index in [4.69, 9.17) is 14.2 Å². The van der Waals surface area contributed by atoms with E-state index in [-0.39, 0.29) is 13.2 Å². The van der Waals surface area contributed by atoms with Crippen LogP contribution in [0.25, 0.3) is 0 Å². The van der Waals surface area contributed by atoms with Crippen molar-refractivity contribution in [3.63, 3.8) is 0 Å². The summed E-state index contributed by atoms with van der Waals surface area (Å²) in [6, 6.07) is 0. The van der Waals surface area contributed by atoms with Gasteiger partial charge in [-0.1, -0.05) is 31.9 Å². The molecule has 0 radical (unpaired) electrons. The molecule has 4 nitrogen and oxygen atoms in total. The molecule has 0 aliphatic heterocycles. The van der Waals surface area contributed by atoms with Crippen molar-refractivity contribution in [2.75, 3.05) is 27.4 Å². The van der Waals surface area contributed by atoms with Gasteiger partial charge in [0.25, 0.3) is 0 Å². The molecule has 0 saturated heterocycles. The van der Waals surface area contributed by atoms with Crippen LogP contribution < -0.4 is 0 Å². The number of allylic oxidation sites excluding steroid dienone is 4. The van der Waals surface area contributed by atoms with Crippen LogP contribution in [0.4, 0.5) is 0 Å². The standard InChI is InChI=1S/C20H30O4/c1-15(2)20(24-14-13-21,16(3)9-11-18(5)22-7)17(4)10-12-19(6)23-8/h9-12,21H,1,3,5,13-14H2,2,4,6-8H3/b11-9-,17-10+,19-12+. The Morgan fingerprint density at radius 3 is 2.08 bits per heavy atom. The average molecular weight is 334 g/mol. The number of aliphatic hydroxyl groups excluding tert-OH is 1. The first-order valence-corrected chi connectivity index (χ1v) is 7.67. The molecule has 0 spiro atoms. The summed E-state index contributed by atoms with van der Waals surface area (Å²) in [6.45, 7) is 17.7. The van der Waals surface area contributed by atoms with Gasteiger partial charge in [-0.05, 0) is 49.6 Å². The maximum Gasteiger partial charge on any atom is 0.134 e. The predicted molar refractivity (Wildman–Crippen MR) is 99.5 cm³/mol. The molecule has 0 aliphatic carbocycles. The average Bonchev–Trinajstić information content (AvgIpc) is 2.57. The number of hydrogen-bond acceptors (Lipinski definition) is 4. The summed E-state index contributed by atoms with van der Waals surface area (Å²) in [6.07, 6.45) is 7.24. The molecule has 0 aliphatic rings. The second-order valence-corrected chi connectivity index (χ2v) is 5.39. The second-order valence-electron chi connectivity index (χ2n) is 5.39. The van der Waals surface area contributed by atoms with Crippen LogP contribution in [0.3, 0.4) is 0 Å². The second kappa shape index (κ2) is 10.7. The van der Waals surface area contributed by atoms with Gasteiger partial charge in [0.15, 0.2) is 0 Å². The van der Waals surface area contributed by atoms with Gasteiger partial charge in [-0.3, -0.25) is 0 Å². The minimum Gasteiger partial charge on any atom is -0.501 e. The highest BCUT2D eigenvalue weighted by atomic mass is 16.5. The van der Waals surface area contributed by atoms with Gasteiger partial charge in [0.05, 0.1) is 33.2 Å². The number of aliphatic hydroxyl groups is 1. The zero-order valence-electron chi connectivity index (χ0n) is 15.5. The molecule has 0 aromatic heterocycles. The number of hydrogen-bond donors (Lipinski definition) is 1. The van der Waals surface area contributed by atoms with Crippen LogP contribution in [-0.2, 0) is 14.2 Å². The Kier molecular flexibility index (Phi) is 9.77. The van der Waals surface area contributed by atoms with Gasteiger partial charge >= 0.3 is 0 Å². The largest absolute Gasteiger partial charge is 0.501 e. The third-order valence-corrected chi connectivity index (χ3v) is 3.64. The Hall–Kier alpha value is -2.04. The van der Waals surface area contributed by atoms with Crippen molar-refractivity contribution in [1.82, 2.24) is 0 Å². The fourth-order valence-electron chi connectivity index (χ4n) is 2.20. The quantitative estimate of drug-likeness (QED) is 0.351. The van der Waals surface area contributed by atoms with E-state index in [1.165, 1.54) is 0 Å². The summed E-state index contributed by atoms with van der Waals surface area (Å²) >= 11 is 0. The van der Waals surface area contributed by atoms with E-state index in [0.29, 0.717) is 11.3 Å². The topological polar surface area (TPSA) is 47.9 Å². The van der Waals surface area contributed by atoms with E-state index < -0.39 is 5.60 Å². The summed E-state index contributed by atoms with van der Waals surface area (Å²) < 4.78 is 16.2. The lowest BCUT2D eigenvalue weighted by Gasteiger charge is -2.36. The molecule has 0 bridgehead atoms. The van der Waals surface area contributed by atoms with Crippen LogP contribution in [-0.4, -0.2) is 38.1 Å². The van der Waals surface area contributed by atoms with Crippen LogP contribution >= 0.6 is 0 Å². The van der Waals surface area contributed by atoms with E-state index in [1.54, 1.807) is 26.4 Å². The molecule has 0 fully saturated rings. The molecular weight excluding hydrogens is 304 g/mol. The molecule has 0 rings (SSSR count). The molecule has 0 saturated carbocycles. The number of methoxy groups -OCH3 is 2. The summed E-state index contributed by atoms with van der Waals surface area (Å²) in [5.74, 6) is 1.27. The summed E-state index contributed by atoms with van der Waals surface area (Å²) in [4.78, 5) is 0. The van der Waals surface area contributed by atoms with Crippen LogP contribution in [0.2, 0.25) is 0 Å². The van der Waals surface area contributed by atoms with Gasteiger partial charge in [-0.2, -0.15) is 0 Å². The van der Waals surface area contributed by atoms with Crippen LogP contribution in [0.5, 0.6) is 0 Å². The van der Waals surface area contributed by atoms with E-state index in [2.05, 4.69) is 19.7 Å². The van der Waals surface area contributed by atoms with Crippen molar-refractivity contribution in [3.8, 4) is 0 Å². The molecule has 0 heterocycles. The Balaban J connectivity index is 5.97. The molecule has 0 aromatic rings. The first-order valence-electron chi connectivity index (χ1n) is 7.67. The smallest absolute Gasteiger partial charge is 0.134 e. The summed E-state index contributed by atoms with van der Waals surface area (Å²) in [7, 11) is 3.16. The van der Waals surface area contributed by atoms with Crippen molar-refractivity contribution in [2.45, 2.75) is 26.4 Å². The lowest BCUT2D eigenvalue weighted by Crippen LogP contribution is -2.37. The number of ether oxygens (including phenoxy) is 3. The molecule has 24 heavy (non-hydrogen) atoms. The van der Waals surface area contributed by atoms with Crippen LogP contribution in [0, 0.1) is 0 Å². The van der Waals surface area contributed by atoms with Crippen molar-refractivity contribution >= 4 is 0 Å². The first kappa shape index (κ1) is 22.0. The third kappa shape index (κ3) is 5.87. The van der Waals surface area contributed by atoms with E-state index in [9.17, 15) is 5.11 Å². The SMILES string of the molecule is C=C(/C=C\C(=C)C(OCCO)(C(=C)C)/C(C)=C/C=C(\C)OC)OC. The van der Waals surface area contributed by atoms with Gasteiger partial charge in [0.2, 0.25) is 0 Å². The molecule has 0 aromatic carbocycles. The third-order valence-electron chi connectivity index (χ3n) is 3.64. The van der Waals surface area contributed by atoms with E-state index >= 15 is 0 Å². The highest BCUT2D eigenvalue weighted by Crippen LogP contribution is 2.36. The van der Waals surface area contributed by atoms with Gasteiger partial charge in [0.1, 0.15) is 11.4 Å². The fraction of sp³-hybridized carbons (Fsp3) is 0.400. The van der Waals surface area contributed by atoms with E-state index in [0.717, 1.165) is 16.9 Å². The van der Waals surface area contributed by atoms with Gasteiger partial charge in [0, 0.05) is 0 Å². The monoisotopic (exact) mass is 334 g/mol. The van der Waals surface area contributed by atoms with Crippen LogP contribution in [0.1, 0.15) is 20.8 Å². The fourth-order valence-corrected chi connectivity index (χ4v) is 2.20. The highest BCUT2D eigenvalue weighted by molar-refractivity contribution is 5.48. The maximum absolute atomic E-state index is 9.20. The van der Waals surface area contributed by atoms with Gasteiger partial charge < -0.3 is 19.3 Å². The van der Waals surface area contributed by atoms with Crippen molar-refractivity contribution in [1.29, 1.82) is 0 Å².